The van der Waals surface area contributed by atoms with Crippen molar-refractivity contribution in [2.24, 2.45) is 0 Å². The molecule has 1 aliphatic heterocycles. The van der Waals surface area contributed by atoms with Crippen LogP contribution in [0.15, 0.2) is 24.3 Å². The molecule has 1 amide bonds. The second-order valence-electron chi connectivity index (χ2n) is 3.84. The summed E-state index contributed by atoms with van der Waals surface area (Å²) in [6.07, 6.45) is 2.07. The first-order chi connectivity index (χ1) is 6.79. The van der Waals surface area contributed by atoms with Gasteiger partial charge in [0, 0.05) is 6.54 Å². The van der Waals surface area contributed by atoms with E-state index in [1.807, 2.05) is 12.1 Å². The van der Waals surface area contributed by atoms with Gasteiger partial charge in [-0.15, -0.1) is 0 Å². The van der Waals surface area contributed by atoms with Crippen LogP contribution in [0.4, 0.5) is 0 Å². The third kappa shape index (κ3) is 1.65. The van der Waals surface area contributed by atoms with Crippen molar-refractivity contribution < 1.29 is 4.79 Å². The highest BCUT2D eigenvalue weighted by molar-refractivity contribution is 5.84. The molecule has 1 atom stereocenters. The number of benzene rings is 1. The van der Waals surface area contributed by atoms with Crippen LogP contribution in [0.1, 0.15) is 29.9 Å². The topological polar surface area (TPSA) is 29.1 Å². The molecule has 2 heteroatoms. The average Bonchev–Trinajstić information content (AvgIpc) is 2.20. The van der Waals surface area contributed by atoms with Crippen LogP contribution in [0, 0.1) is 6.92 Å². The van der Waals surface area contributed by atoms with Crippen molar-refractivity contribution in [3.63, 3.8) is 0 Å². The number of hydrogen-bond acceptors (Lipinski definition) is 1. The van der Waals surface area contributed by atoms with E-state index in [4.69, 9.17) is 0 Å². The summed E-state index contributed by atoms with van der Waals surface area (Å²) in [5, 5.41) is 2.92. The summed E-state index contributed by atoms with van der Waals surface area (Å²) in [7, 11) is 0. The summed E-state index contributed by atoms with van der Waals surface area (Å²) >= 11 is 0. The van der Waals surface area contributed by atoms with Gasteiger partial charge in [0.15, 0.2) is 0 Å². The maximum Gasteiger partial charge on any atom is 0.227 e. The summed E-state index contributed by atoms with van der Waals surface area (Å²) in [5.41, 5.74) is 2.40. The Morgan fingerprint density at radius 2 is 2.14 bits per heavy atom. The number of piperidine rings is 1. The van der Waals surface area contributed by atoms with Crippen molar-refractivity contribution in [2.75, 3.05) is 6.54 Å². The predicted octanol–water partition coefficient (Wildman–Crippen LogP) is 1.99. The lowest BCUT2D eigenvalue weighted by Gasteiger charge is -2.23. The molecule has 14 heavy (non-hydrogen) atoms. The molecule has 2 nitrogen and oxygen atoms in total. The molecule has 0 bridgehead atoms. The summed E-state index contributed by atoms with van der Waals surface area (Å²) in [6, 6.07) is 8.14. The van der Waals surface area contributed by atoms with Crippen LogP contribution in [-0.2, 0) is 4.79 Å². The van der Waals surface area contributed by atoms with E-state index >= 15 is 0 Å². The molecule has 1 aromatic carbocycles. The summed E-state index contributed by atoms with van der Waals surface area (Å²) in [6.45, 7) is 2.90. The quantitative estimate of drug-likeness (QED) is 0.719. The third-order valence-corrected chi connectivity index (χ3v) is 2.85. The Labute approximate surface area is 84.3 Å². The molecule has 0 saturated carbocycles. The Bertz CT molecular complexity index is 346. The molecule has 1 saturated heterocycles. The zero-order chi connectivity index (χ0) is 9.97. The van der Waals surface area contributed by atoms with E-state index in [0.717, 1.165) is 19.4 Å². The van der Waals surface area contributed by atoms with Gasteiger partial charge in [-0.3, -0.25) is 4.79 Å². The molecule has 0 radical (unpaired) electrons. The van der Waals surface area contributed by atoms with Gasteiger partial charge in [0.2, 0.25) is 5.91 Å². The fourth-order valence-electron chi connectivity index (χ4n) is 2.05. The number of carbonyl (C=O) groups excluding carboxylic acids is 1. The minimum Gasteiger partial charge on any atom is -0.356 e. The second kappa shape index (κ2) is 3.82. The largest absolute Gasteiger partial charge is 0.356 e. The third-order valence-electron chi connectivity index (χ3n) is 2.85. The maximum atomic E-state index is 11.6. The Morgan fingerprint density at radius 1 is 1.36 bits per heavy atom. The van der Waals surface area contributed by atoms with Crippen molar-refractivity contribution >= 4 is 5.91 Å². The first-order valence-corrected chi connectivity index (χ1v) is 5.12. The van der Waals surface area contributed by atoms with E-state index in [9.17, 15) is 4.79 Å². The lowest BCUT2D eigenvalue weighted by Crippen LogP contribution is -2.35. The minimum atomic E-state index is 0.0740. The molecule has 2 rings (SSSR count). The van der Waals surface area contributed by atoms with Crippen molar-refractivity contribution in [1.29, 1.82) is 0 Å². The van der Waals surface area contributed by atoms with Gasteiger partial charge in [-0.25, -0.2) is 0 Å². The molecule has 1 fully saturated rings. The van der Waals surface area contributed by atoms with E-state index < -0.39 is 0 Å². The van der Waals surface area contributed by atoms with Crippen LogP contribution < -0.4 is 5.32 Å². The van der Waals surface area contributed by atoms with Gasteiger partial charge in [0.1, 0.15) is 0 Å². The van der Waals surface area contributed by atoms with Gasteiger partial charge in [-0.1, -0.05) is 24.3 Å². The molecular weight excluding hydrogens is 174 g/mol. The Morgan fingerprint density at radius 3 is 2.86 bits per heavy atom. The number of hydrogen-bond donors (Lipinski definition) is 1. The summed E-state index contributed by atoms with van der Waals surface area (Å²) < 4.78 is 0. The molecule has 1 N–H and O–H groups in total. The number of nitrogens with one attached hydrogen (secondary N) is 1. The van der Waals surface area contributed by atoms with Crippen LogP contribution in [0.25, 0.3) is 0 Å². The fraction of sp³-hybridized carbons (Fsp3) is 0.417. The predicted molar refractivity (Wildman–Crippen MR) is 56.2 cm³/mol. The summed E-state index contributed by atoms with van der Waals surface area (Å²) in [4.78, 5) is 11.6. The number of carbonyl (C=O) groups is 1. The van der Waals surface area contributed by atoms with Crippen molar-refractivity contribution in [3.05, 3.63) is 35.4 Å². The lowest BCUT2D eigenvalue weighted by atomic mass is 9.88. The molecule has 1 aromatic rings. The molecule has 1 aliphatic rings. The van der Waals surface area contributed by atoms with Crippen LogP contribution in [0.2, 0.25) is 0 Å². The first kappa shape index (κ1) is 9.25. The monoisotopic (exact) mass is 189 g/mol. The SMILES string of the molecule is Cc1ccccc1C1CCCNC1=O. The molecule has 0 aromatic heterocycles. The Hall–Kier alpha value is -1.31. The zero-order valence-electron chi connectivity index (χ0n) is 8.42. The van der Waals surface area contributed by atoms with Gasteiger partial charge in [-0.2, -0.15) is 0 Å². The van der Waals surface area contributed by atoms with E-state index in [1.54, 1.807) is 0 Å². The Kier molecular flexibility index (Phi) is 2.53. The van der Waals surface area contributed by atoms with Crippen LogP contribution in [0.3, 0.4) is 0 Å². The lowest BCUT2D eigenvalue weighted by molar-refractivity contribution is -0.123. The van der Waals surface area contributed by atoms with Gasteiger partial charge in [0.25, 0.3) is 0 Å². The molecule has 1 unspecified atom stereocenters. The highest BCUT2D eigenvalue weighted by atomic mass is 16.1. The number of rotatable bonds is 1. The molecule has 74 valence electrons. The van der Waals surface area contributed by atoms with E-state index in [2.05, 4.69) is 24.4 Å². The van der Waals surface area contributed by atoms with E-state index in [-0.39, 0.29) is 11.8 Å². The normalized spacial score (nSPS) is 21.8. The molecular formula is C12H15NO. The number of amides is 1. The highest BCUT2D eigenvalue weighted by Crippen LogP contribution is 2.26. The molecule has 0 spiro atoms. The average molecular weight is 189 g/mol. The Balaban J connectivity index is 2.29. The minimum absolute atomic E-state index is 0.0740. The van der Waals surface area contributed by atoms with Crippen LogP contribution >= 0.6 is 0 Å². The van der Waals surface area contributed by atoms with Crippen LogP contribution in [-0.4, -0.2) is 12.5 Å². The van der Waals surface area contributed by atoms with E-state index in [0.29, 0.717) is 0 Å². The van der Waals surface area contributed by atoms with Gasteiger partial charge in [-0.05, 0) is 30.9 Å². The standard InChI is InChI=1S/C12H15NO/c1-9-5-2-3-6-10(9)11-7-4-8-13-12(11)14/h2-3,5-6,11H,4,7-8H2,1H3,(H,13,14). The first-order valence-electron chi connectivity index (χ1n) is 5.12. The number of aryl methyl sites for hydroxylation is 1. The van der Waals surface area contributed by atoms with E-state index in [1.165, 1.54) is 11.1 Å². The van der Waals surface area contributed by atoms with Crippen LogP contribution in [0.5, 0.6) is 0 Å². The second-order valence-corrected chi connectivity index (χ2v) is 3.84. The summed E-state index contributed by atoms with van der Waals surface area (Å²) in [5.74, 6) is 0.260. The highest BCUT2D eigenvalue weighted by Gasteiger charge is 2.24. The van der Waals surface area contributed by atoms with Crippen molar-refractivity contribution in [3.8, 4) is 0 Å². The van der Waals surface area contributed by atoms with Gasteiger partial charge < -0.3 is 5.32 Å². The zero-order valence-corrected chi connectivity index (χ0v) is 8.42. The molecule has 0 aliphatic carbocycles. The van der Waals surface area contributed by atoms with Crippen molar-refractivity contribution in [1.82, 2.24) is 5.32 Å². The smallest absolute Gasteiger partial charge is 0.227 e. The fourth-order valence-corrected chi connectivity index (χ4v) is 2.05. The van der Waals surface area contributed by atoms with Crippen molar-refractivity contribution in [2.45, 2.75) is 25.7 Å². The van der Waals surface area contributed by atoms with Gasteiger partial charge in [0.05, 0.1) is 5.92 Å². The molecule has 1 heterocycles. The van der Waals surface area contributed by atoms with Gasteiger partial charge >= 0.3 is 0 Å². The maximum absolute atomic E-state index is 11.6.